The second kappa shape index (κ2) is 3.96. The van der Waals surface area contributed by atoms with Crippen LogP contribution in [0.15, 0.2) is 33.9 Å². The zero-order valence-corrected chi connectivity index (χ0v) is 9.41. The summed E-state index contributed by atoms with van der Waals surface area (Å²) in [5, 5.41) is 0. The molecule has 0 spiro atoms. The normalized spacial score (nSPS) is 16.9. The number of halogens is 1. The lowest BCUT2D eigenvalue weighted by Gasteiger charge is -2.13. The van der Waals surface area contributed by atoms with Crippen LogP contribution >= 0.6 is 15.9 Å². The first-order chi connectivity index (χ1) is 6.81. The summed E-state index contributed by atoms with van der Waals surface area (Å²) in [5.41, 5.74) is 3.45. The van der Waals surface area contributed by atoms with Crippen LogP contribution in [-0.2, 0) is 11.3 Å². The predicted molar refractivity (Wildman–Crippen MR) is 61.3 cm³/mol. The van der Waals surface area contributed by atoms with Crippen LogP contribution in [0, 0.1) is 0 Å². The molecule has 3 heteroatoms. The van der Waals surface area contributed by atoms with E-state index in [2.05, 4.69) is 33.1 Å². The summed E-state index contributed by atoms with van der Waals surface area (Å²) in [7, 11) is 1.65. The molecule has 14 heavy (non-hydrogen) atoms. The molecule has 2 nitrogen and oxygen atoms in total. The molecule has 0 atom stereocenters. The molecule has 0 aromatic heterocycles. The molecule has 1 heterocycles. The molecule has 0 radical (unpaired) electrons. The fourth-order valence-corrected chi connectivity index (χ4v) is 1.85. The van der Waals surface area contributed by atoms with E-state index in [1.54, 1.807) is 13.4 Å². The average Bonchev–Trinajstić information content (AvgIpc) is 2.19. The number of fused-ring (bicyclic) bond motifs is 1. The lowest BCUT2D eigenvalue weighted by Crippen LogP contribution is -2.00. The van der Waals surface area contributed by atoms with Gasteiger partial charge in [0.1, 0.15) is 0 Å². The third kappa shape index (κ3) is 1.73. The van der Waals surface area contributed by atoms with Crippen LogP contribution in [0.4, 0.5) is 0 Å². The van der Waals surface area contributed by atoms with Gasteiger partial charge in [-0.2, -0.15) is 0 Å². The van der Waals surface area contributed by atoms with Crippen LogP contribution in [0.25, 0.3) is 5.57 Å². The number of ether oxygens (including phenoxy) is 1. The van der Waals surface area contributed by atoms with Gasteiger partial charge in [0.2, 0.25) is 0 Å². The minimum absolute atomic E-state index is 0.754. The van der Waals surface area contributed by atoms with E-state index >= 15 is 0 Å². The molecule has 0 saturated heterocycles. The third-order valence-electron chi connectivity index (χ3n) is 2.12. The maximum absolute atomic E-state index is 5.01. The quantitative estimate of drug-likeness (QED) is 0.704. The summed E-state index contributed by atoms with van der Waals surface area (Å²) in [6, 6.07) is 6.20. The largest absolute Gasteiger partial charge is 0.504 e. The van der Waals surface area contributed by atoms with Gasteiger partial charge in [-0.05, 0) is 23.3 Å². The van der Waals surface area contributed by atoms with Crippen molar-refractivity contribution in [3.05, 3.63) is 40.1 Å². The maximum atomic E-state index is 5.01. The highest BCUT2D eigenvalue weighted by atomic mass is 79.9. The van der Waals surface area contributed by atoms with Gasteiger partial charge >= 0.3 is 0 Å². The van der Waals surface area contributed by atoms with Crippen LogP contribution in [0.5, 0.6) is 0 Å². The first-order valence-electron chi connectivity index (χ1n) is 4.33. The van der Waals surface area contributed by atoms with Gasteiger partial charge in [0.15, 0.2) is 0 Å². The van der Waals surface area contributed by atoms with Crippen molar-refractivity contribution < 1.29 is 4.74 Å². The fraction of sp³-hybridized carbons (Fsp3) is 0.182. The molecule has 0 saturated carbocycles. The van der Waals surface area contributed by atoms with Gasteiger partial charge < -0.3 is 4.74 Å². The van der Waals surface area contributed by atoms with E-state index in [-0.39, 0.29) is 0 Å². The molecular formula is C11H10BrNO. The van der Waals surface area contributed by atoms with Crippen LogP contribution < -0.4 is 0 Å². The van der Waals surface area contributed by atoms with Gasteiger partial charge in [0.05, 0.1) is 19.9 Å². The van der Waals surface area contributed by atoms with Crippen molar-refractivity contribution in [3.8, 4) is 0 Å². The van der Waals surface area contributed by atoms with Crippen molar-refractivity contribution >= 4 is 27.7 Å². The molecule has 0 aliphatic carbocycles. The van der Waals surface area contributed by atoms with Crippen molar-refractivity contribution in [1.82, 2.24) is 0 Å². The molecule has 2 rings (SSSR count). The molecule has 0 fully saturated rings. The predicted octanol–water partition coefficient (Wildman–Crippen LogP) is 3.02. The number of aliphatic imine (C=N–C) groups is 1. The van der Waals surface area contributed by atoms with Crippen molar-refractivity contribution in [2.75, 3.05) is 7.11 Å². The number of rotatable bonds is 1. The Kier molecular flexibility index (Phi) is 2.68. The molecule has 1 aromatic rings. The number of allylic oxidation sites excluding steroid dienone is 1. The van der Waals surface area contributed by atoms with Gasteiger partial charge in [-0.25, -0.2) is 0 Å². The summed E-state index contributed by atoms with van der Waals surface area (Å²) >= 11 is 3.46. The summed E-state index contributed by atoms with van der Waals surface area (Å²) in [6.45, 7) is 0.754. The first kappa shape index (κ1) is 9.46. The third-order valence-corrected chi connectivity index (χ3v) is 2.61. The lowest BCUT2D eigenvalue weighted by atomic mass is 9.99. The molecular weight excluding hydrogens is 242 g/mol. The Morgan fingerprint density at radius 3 is 3.14 bits per heavy atom. The van der Waals surface area contributed by atoms with Crippen LogP contribution in [0.1, 0.15) is 11.1 Å². The molecule has 0 bridgehead atoms. The van der Waals surface area contributed by atoms with E-state index < -0.39 is 0 Å². The molecule has 1 aliphatic heterocycles. The molecule has 0 N–H and O–H groups in total. The number of benzene rings is 1. The molecule has 0 unspecified atom stereocenters. The topological polar surface area (TPSA) is 21.6 Å². The van der Waals surface area contributed by atoms with Gasteiger partial charge in [-0.1, -0.05) is 22.0 Å². The maximum Gasteiger partial charge on any atom is 0.0918 e. The second-order valence-electron chi connectivity index (χ2n) is 3.08. The number of hydrogen-bond acceptors (Lipinski definition) is 2. The van der Waals surface area contributed by atoms with Gasteiger partial charge in [-0.15, -0.1) is 0 Å². The minimum Gasteiger partial charge on any atom is -0.504 e. The van der Waals surface area contributed by atoms with Gasteiger partial charge in [0, 0.05) is 16.3 Å². The number of hydrogen-bond donors (Lipinski definition) is 0. The Bertz CT molecular complexity index is 410. The van der Waals surface area contributed by atoms with E-state index in [0.717, 1.165) is 16.6 Å². The Labute approximate surface area is 91.4 Å². The average molecular weight is 252 g/mol. The first-order valence-corrected chi connectivity index (χ1v) is 5.12. The Balaban J connectivity index is 2.52. The van der Waals surface area contributed by atoms with Crippen molar-refractivity contribution in [2.24, 2.45) is 4.99 Å². The Morgan fingerprint density at radius 1 is 1.50 bits per heavy atom. The van der Waals surface area contributed by atoms with E-state index in [0.29, 0.717) is 0 Å². The van der Waals surface area contributed by atoms with Crippen molar-refractivity contribution in [2.45, 2.75) is 6.54 Å². The SMILES string of the molecule is COC=C1C=NCc2ccc(Br)cc21. The van der Waals surface area contributed by atoms with Gasteiger partial charge in [0.25, 0.3) is 0 Å². The molecule has 72 valence electrons. The van der Waals surface area contributed by atoms with Gasteiger partial charge in [-0.3, -0.25) is 4.99 Å². The highest BCUT2D eigenvalue weighted by Gasteiger charge is 2.10. The smallest absolute Gasteiger partial charge is 0.0918 e. The Hall–Kier alpha value is -1.09. The van der Waals surface area contributed by atoms with Crippen LogP contribution in [0.3, 0.4) is 0 Å². The van der Waals surface area contributed by atoms with Crippen molar-refractivity contribution in [3.63, 3.8) is 0 Å². The standard InChI is InChI=1S/C11H10BrNO/c1-14-7-9-6-13-5-8-2-3-10(12)4-11(8)9/h2-4,6-7H,5H2,1H3. The molecule has 1 aliphatic rings. The zero-order chi connectivity index (χ0) is 9.97. The highest BCUT2D eigenvalue weighted by Crippen LogP contribution is 2.26. The fourth-order valence-electron chi connectivity index (χ4n) is 1.49. The van der Waals surface area contributed by atoms with Crippen LogP contribution in [0.2, 0.25) is 0 Å². The summed E-state index contributed by atoms with van der Waals surface area (Å²) < 4.78 is 6.09. The second-order valence-corrected chi connectivity index (χ2v) is 4.00. The number of methoxy groups -OCH3 is 1. The minimum atomic E-state index is 0.754. The Morgan fingerprint density at radius 2 is 2.36 bits per heavy atom. The number of nitrogens with zero attached hydrogens (tertiary/aromatic N) is 1. The zero-order valence-electron chi connectivity index (χ0n) is 7.83. The van der Waals surface area contributed by atoms with E-state index in [1.165, 1.54) is 11.1 Å². The highest BCUT2D eigenvalue weighted by molar-refractivity contribution is 9.10. The summed E-state index contributed by atoms with van der Waals surface area (Å²) in [4.78, 5) is 4.26. The van der Waals surface area contributed by atoms with E-state index in [9.17, 15) is 0 Å². The monoisotopic (exact) mass is 251 g/mol. The lowest BCUT2D eigenvalue weighted by molar-refractivity contribution is 0.340. The summed E-state index contributed by atoms with van der Waals surface area (Å²) in [5.74, 6) is 0. The van der Waals surface area contributed by atoms with E-state index in [4.69, 9.17) is 4.74 Å². The molecule has 1 aromatic carbocycles. The van der Waals surface area contributed by atoms with Crippen molar-refractivity contribution in [1.29, 1.82) is 0 Å². The molecule has 0 amide bonds. The van der Waals surface area contributed by atoms with E-state index in [1.807, 2.05) is 12.3 Å². The summed E-state index contributed by atoms with van der Waals surface area (Å²) in [6.07, 6.45) is 3.56. The van der Waals surface area contributed by atoms with Crippen LogP contribution in [-0.4, -0.2) is 13.3 Å².